The fraction of sp³-hybridized carbons (Fsp3) is 0.945. The first kappa shape index (κ1) is 77.8. The summed E-state index contributed by atoms with van der Waals surface area (Å²) in [5.74, 6) is -0.609. The third kappa shape index (κ3) is 62.6. The van der Waals surface area contributed by atoms with Crippen LogP contribution in [0.2, 0.25) is 0 Å². The van der Waals surface area contributed by atoms with Crippen molar-refractivity contribution in [2.24, 2.45) is 5.92 Å². The number of aliphatic hydroxyl groups excluding tert-OH is 3. The fourth-order valence-electron chi connectivity index (χ4n) is 11.8. The van der Waals surface area contributed by atoms with Gasteiger partial charge in [-0.25, -0.2) is 4.79 Å². The number of carbonyl (C=O) groups is 2. The topological polar surface area (TPSA) is 104 Å². The van der Waals surface area contributed by atoms with Gasteiger partial charge in [0.25, 0.3) is 0 Å². The van der Waals surface area contributed by atoms with Crippen molar-refractivity contribution in [2.45, 2.75) is 424 Å². The number of hydrogen-bond acceptors (Lipinski definition) is 6. The minimum atomic E-state index is -0.945. The van der Waals surface area contributed by atoms with Crippen LogP contribution in [-0.4, -0.2) is 52.5 Å². The van der Waals surface area contributed by atoms with Crippen LogP contribution in [0, 0.1) is 5.92 Å². The number of allylic oxidation sites excluding steroid dienone is 1. The van der Waals surface area contributed by atoms with E-state index in [1.165, 1.54) is 327 Å². The monoisotopic (exact) mass is 1120 g/mol. The second kappa shape index (κ2) is 67.5. The zero-order chi connectivity index (χ0) is 57.3. The summed E-state index contributed by atoms with van der Waals surface area (Å²) < 4.78 is 5.39. The Hall–Kier alpha value is -1.24. The lowest BCUT2D eigenvalue weighted by atomic mass is 9.94. The number of Topliss-reactive ketones (excluding diaryl/α,β-unsaturated/α-hetero) is 1. The molecule has 470 valence electrons. The van der Waals surface area contributed by atoms with E-state index in [9.17, 15) is 24.9 Å². The molecule has 0 amide bonds. The lowest BCUT2D eigenvalue weighted by Crippen LogP contribution is -2.24. The number of esters is 1. The maximum atomic E-state index is 12.6. The Morgan fingerprint density at radius 1 is 0.354 bits per heavy atom. The molecule has 0 aromatic rings. The van der Waals surface area contributed by atoms with Gasteiger partial charge in [-0.2, -0.15) is 0 Å². The summed E-state index contributed by atoms with van der Waals surface area (Å²) in [7, 11) is 0. The van der Waals surface area contributed by atoms with Crippen molar-refractivity contribution in [2.75, 3.05) is 13.2 Å². The highest BCUT2D eigenvalue weighted by atomic mass is 16.5. The average molecular weight is 1120 g/mol. The smallest absolute Gasteiger partial charge is 0.334 e. The van der Waals surface area contributed by atoms with Crippen molar-refractivity contribution >= 4 is 11.8 Å². The zero-order valence-electron chi connectivity index (χ0n) is 53.7. The molecule has 3 N–H and O–H groups in total. The second-order valence-electron chi connectivity index (χ2n) is 25.4. The molecule has 79 heavy (non-hydrogen) atoms. The minimum absolute atomic E-state index is 0.139. The fourth-order valence-corrected chi connectivity index (χ4v) is 11.8. The Morgan fingerprint density at radius 2 is 0.620 bits per heavy atom. The highest BCUT2D eigenvalue weighted by molar-refractivity contribution is 5.78. The molecule has 0 bridgehead atoms. The van der Waals surface area contributed by atoms with Crippen LogP contribution in [-0.2, 0) is 14.3 Å². The molecule has 0 fully saturated rings. The van der Waals surface area contributed by atoms with Crippen LogP contribution < -0.4 is 0 Å². The molecule has 6 nitrogen and oxygen atoms in total. The van der Waals surface area contributed by atoms with Crippen molar-refractivity contribution < 1.29 is 29.6 Å². The van der Waals surface area contributed by atoms with E-state index < -0.39 is 18.2 Å². The van der Waals surface area contributed by atoms with Crippen molar-refractivity contribution in [3.8, 4) is 0 Å². The van der Waals surface area contributed by atoms with Crippen LogP contribution in [0.1, 0.15) is 412 Å². The Morgan fingerprint density at radius 3 is 0.924 bits per heavy atom. The van der Waals surface area contributed by atoms with Gasteiger partial charge in [0.15, 0.2) is 6.10 Å². The second-order valence-corrected chi connectivity index (χ2v) is 25.4. The molecule has 0 spiro atoms. The number of hydrogen-bond donors (Lipinski definition) is 3. The number of ketones is 1. The highest BCUT2D eigenvalue weighted by Crippen LogP contribution is 2.21. The van der Waals surface area contributed by atoms with Crippen molar-refractivity contribution in [1.29, 1.82) is 0 Å². The van der Waals surface area contributed by atoms with Gasteiger partial charge in [0, 0.05) is 25.4 Å². The first-order valence-electron chi connectivity index (χ1n) is 36.3. The average Bonchev–Trinajstić information content (AvgIpc) is 3.45. The maximum Gasteiger partial charge on any atom is 0.334 e. The highest BCUT2D eigenvalue weighted by Gasteiger charge is 2.20. The Kier molecular flexibility index (Phi) is 66.5. The van der Waals surface area contributed by atoms with Gasteiger partial charge in [0.05, 0.1) is 12.7 Å². The molecule has 0 aromatic carbocycles. The van der Waals surface area contributed by atoms with Crippen molar-refractivity contribution in [3.05, 3.63) is 12.2 Å². The lowest BCUT2D eigenvalue weighted by Gasteiger charge is -2.17. The van der Waals surface area contributed by atoms with Gasteiger partial charge in [-0.05, 0) is 32.1 Å². The molecule has 6 heteroatoms. The van der Waals surface area contributed by atoms with E-state index in [4.69, 9.17) is 4.74 Å². The van der Waals surface area contributed by atoms with Gasteiger partial charge in [-0.3, -0.25) is 4.79 Å². The predicted octanol–water partition coefficient (Wildman–Crippen LogP) is 23.2. The van der Waals surface area contributed by atoms with Gasteiger partial charge in [0.2, 0.25) is 0 Å². The molecule has 0 rings (SSSR count). The summed E-state index contributed by atoms with van der Waals surface area (Å²) >= 11 is 0. The predicted molar refractivity (Wildman–Crippen MR) is 345 cm³/mol. The van der Waals surface area contributed by atoms with Crippen molar-refractivity contribution in [3.63, 3.8) is 0 Å². The van der Waals surface area contributed by atoms with E-state index in [1.54, 1.807) is 0 Å². The normalized spacial score (nSPS) is 13.0. The summed E-state index contributed by atoms with van der Waals surface area (Å²) in [6.45, 7) is 4.88. The van der Waals surface area contributed by atoms with E-state index in [2.05, 4.69) is 13.8 Å². The minimum Gasteiger partial charge on any atom is -0.464 e. The molecule has 0 aliphatic heterocycles. The lowest BCUT2D eigenvalue weighted by molar-refractivity contribution is -0.154. The first-order valence-corrected chi connectivity index (χ1v) is 36.3. The Labute approximate surface area is 494 Å². The van der Waals surface area contributed by atoms with Gasteiger partial charge < -0.3 is 20.1 Å². The number of rotatable bonds is 69. The van der Waals surface area contributed by atoms with Gasteiger partial charge >= 0.3 is 5.97 Å². The zero-order valence-corrected chi connectivity index (χ0v) is 53.7. The molecular formula is C73H142O6. The molecule has 0 radical (unpaired) electrons. The quantitative estimate of drug-likeness (QED) is 0.0318. The van der Waals surface area contributed by atoms with Gasteiger partial charge in [-0.1, -0.05) is 379 Å². The summed E-state index contributed by atoms with van der Waals surface area (Å²) in [6, 6.07) is 0. The molecule has 0 aliphatic rings. The number of aliphatic hydroxyl groups is 3. The third-order valence-corrected chi connectivity index (χ3v) is 17.5. The van der Waals surface area contributed by atoms with Crippen LogP contribution in [0.4, 0.5) is 0 Å². The Balaban J connectivity index is 3.36. The Bertz CT molecular complexity index is 1200. The SMILES string of the molecule is CCCCCCCCCCCCC/C=C/C(O)C(CO)CC(=O)CCCCCCCCCCCCCCCCCCCCCCCCCCCCCOC(=O)C(O)CCCCCCCCCCCCCCCCCCCCCC. The van der Waals surface area contributed by atoms with E-state index in [1.807, 2.05) is 12.2 Å². The van der Waals surface area contributed by atoms with Gasteiger partial charge in [0.1, 0.15) is 5.78 Å². The van der Waals surface area contributed by atoms with Crippen LogP contribution in [0.5, 0.6) is 0 Å². The van der Waals surface area contributed by atoms with E-state index in [0.717, 1.165) is 51.4 Å². The molecule has 0 saturated heterocycles. The standard InChI is InChI=1S/C73H142O6/c1-3-5-7-9-11-13-15-17-18-19-20-31-34-37-41-45-49-53-57-61-65-72(77)73(78)79-66-62-58-54-50-46-42-38-35-32-29-27-25-23-21-22-24-26-28-30-33-36-40-43-47-51-55-59-63-70(75)67-69(68-74)71(76)64-60-56-52-48-44-39-16-14-12-10-8-6-4-2/h60,64,69,71-72,74,76-77H,3-59,61-63,65-68H2,1-2H3/b64-60+. The molecule has 0 saturated carbocycles. The summed E-state index contributed by atoms with van der Waals surface area (Å²) in [5, 5.41) is 30.6. The van der Waals surface area contributed by atoms with Crippen LogP contribution in [0.25, 0.3) is 0 Å². The largest absolute Gasteiger partial charge is 0.464 e. The molecule has 0 aromatic heterocycles. The molecule has 0 heterocycles. The van der Waals surface area contributed by atoms with E-state index in [-0.39, 0.29) is 24.7 Å². The van der Waals surface area contributed by atoms with Crippen LogP contribution >= 0.6 is 0 Å². The maximum absolute atomic E-state index is 12.6. The van der Waals surface area contributed by atoms with E-state index >= 15 is 0 Å². The van der Waals surface area contributed by atoms with E-state index in [0.29, 0.717) is 19.4 Å². The van der Waals surface area contributed by atoms with Crippen molar-refractivity contribution in [1.82, 2.24) is 0 Å². The van der Waals surface area contributed by atoms with Gasteiger partial charge in [-0.15, -0.1) is 0 Å². The molecule has 3 unspecified atom stereocenters. The van der Waals surface area contributed by atoms with Crippen LogP contribution in [0.15, 0.2) is 12.2 Å². The molecule has 0 aliphatic carbocycles. The number of ether oxygens (including phenoxy) is 1. The molecule has 3 atom stereocenters. The first-order chi connectivity index (χ1) is 39.0. The number of unbranched alkanes of at least 4 members (excludes halogenated alkanes) is 56. The summed E-state index contributed by atoms with van der Waals surface area (Å²) in [6.07, 6.45) is 81.7. The third-order valence-electron chi connectivity index (χ3n) is 17.5. The summed E-state index contributed by atoms with van der Waals surface area (Å²) in [4.78, 5) is 24.8. The molecular weight excluding hydrogens is 973 g/mol. The van der Waals surface area contributed by atoms with Crippen LogP contribution in [0.3, 0.4) is 0 Å². The number of carbonyl (C=O) groups excluding carboxylic acids is 2. The summed E-state index contributed by atoms with van der Waals surface area (Å²) in [5.41, 5.74) is 0.